The molecule has 0 unspecified atom stereocenters. The SMILES string of the molecule is CCCN(CC)Cc1cccc([N+](=O)[O-])c1. The Bertz CT molecular complexity index is 353. The molecule has 0 aliphatic heterocycles. The molecule has 0 amide bonds. The lowest BCUT2D eigenvalue weighted by atomic mass is 10.2. The molecule has 0 heterocycles. The van der Waals surface area contributed by atoms with E-state index >= 15 is 0 Å². The second kappa shape index (κ2) is 6.23. The zero-order chi connectivity index (χ0) is 12.0. The van der Waals surface area contributed by atoms with Crippen LogP contribution in [0.1, 0.15) is 25.8 Å². The maximum Gasteiger partial charge on any atom is 0.269 e. The first-order valence-corrected chi connectivity index (χ1v) is 5.63. The fourth-order valence-corrected chi connectivity index (χ4v) is 1.69. The smallest absolute Gasteiger partial charge is 0.269 e. The van der Waals surface area contributed by atoms with Gasteiger partial charge in [-0.1, -0.05) is 26.0 Å². The van der Waals surface area contributed by atoms with Crippen molar-refractivity contribution >= 4 is 5.69 Å². The first-order chi connectivity index (χ1) is 7.67. The zero-order valence-electron chi connectivity index (χ0n) is 9.85. The van der Waals surface area contributed by atoms with E-state index in [0.29, 0.717) is 0 Å². The molecule has 0 bridgehead atoms. The van der Waals surface area contributed by atoms with E-state index in [9.17, 15) is 10.1 Å². The van der Waals surface area contributed by atoms with Gasteiger partial charge in [-0.2, -0.15) is 0 Å². The molecule has 4 heteroatoms. The molecule has 0 saturated heterocycles. The molecule has 0 spiro atoms. The van der Waals surface area contributed by atoms with Gasteiger partial charge in [-0.25, -0.2) is 0 Å². The van der Waals surface area contributed by atoms with E-state index in [1.54, 1.807) is 12.1 Å². The average molecular weight is 222 g/mol. The van der Waals surface area contributed by atoms with Gasteiger partial charge in [0.2, 0.25) is 0 Å². The van der Waals surface area contributed by atoms with Gasteiger partial charge in [-0.15, -0.1) is 0 Å². The summed E-state index contributed by atoms with van der Waals surface area (Å²) in [4.78, 5) is 12.6. The number of non-ortho nitro benzene ring substituents is 1. The van der Waals surface area contributed by atoms with E-state index in [-0.39, 0.29) is 10.6 Å². The molecule has 0 atom stereocenters. The van der Waals surface area contributed by atoms with Gasteiger partial charge in [0, 0.05) is 18.7 Å². The lowest BCUT2D eigenvalue weighted by Gasteiger charge is -2.19. The van der Waals surface area contributed by atoms with Crippen molar-refractivity contribution in [2.24, 2.45) is 0 Å². The van der Waals surface area contributed by atoms with Gasteiger partial charge >= 0.3 is 0 Å². The van der Waals surface area contributed by atoms with Crippen LogP contribution >= 0.6 is 0 Å². The van der Waals surface area contributed by atoms with Crippen LogP contribution in [0.3, 0.4) is 0 Å². The Balaban J connectivity index is 2.72. The van der Waals surface area contributed by atoms with Crippen LogP contribution in [0, 0.1) is 10.1 Å². The van der Waals surface area contributed by atoms with E-state index in [4.69, 9.17) is 0 Å². The van der Waals surface area contributed by atoms with E-state index in [2.05, 4.69) is 18.7 Å². The van der Waals surface area contributed by atoms with Crippen LogP contribution in [0.2, 0.25) is 0 Å². The van der Waals surface area contributed by atoms with Gasteiger partial charge in [0.05, 0.1) is 4.92 Å². The molecule has 88 valence electrons. The number of nitro benzene ring substituents is 1. The second-order valence-electron chi connectivity index (χ2n) is 3.80. The minimum Gasteiger partial charge on any atom is -0.299 e. The maximum absolute atomic E-state index is 10.6. The molecule has 0 aliphatic carbocycles. The van der Waals surface area contributed by atoms with Crippen molar-refractivity contribution in [3.63, 3.8) is 0 Å². The summed E-state index contributed by atoms with van der Waals surface area (Å²) in [7, 11) is 0. The van der Waals surface area contributed by atoms with Gasteiger partial charge in [-0.3, -0.25) is 15.0 Å². The first-order valence-electron chi connectivity index (χ1n) is 5.63. The number of nitrogens with zero attached hydrogens (tertiary/aromatic N) is 2. The lowest BCUT2D eigenvalue weighted by molar-refractivity contribution is -0.384. The predicted octanol–water partition coefficient (Wildman–Crippen LogP) is 2.83. The second-order valence-corrected chi connectivity index (χ2v) is 3.80. The zero-order valence-corrected chi connectivity index (χ0v) is 9.85. The monoisotopic (exact) mass is 222 g/mol. The van der Waals surface area contributed by atoms with Crippen LogP contribution < -0.4 is 0 Å². The fraction of sp³-hybridized carbons (Fsp3) is 0.500. The Morgan fingerprint density at radius 2 is 2.12 bits per heavy atom. The highest BCUT2D eigenvalue weighted by Gasteiger charge is 2.07. The van der Waals surface area contributed by atoms with Crippen molar-refractivity contribution in [2.75, 3.05) is 13.1 Å². The van der Waals surface area contributed by atoms with Crippen molar-refractivity contribution in [3.05, 3.63) is 39.9 Å². The summed E-state index contributed by atoms with van der Waals surface area (Å²) in [6, 6.07) is 6.86. The van der Waals surface area contributed by atoms with E-state index in [1.807, 2.05) is 6.07 Å². The van der Waals surface area contributed by atoms with Crippen LogP contribution in [0.25, 0.3) is 0 Å². The van der Waals surface area contributed by atoms with Crippen molar-refractivity contribution in [3.8, 4) is 0 Å². The molecule has 0 saturated carbocycles. The summed E-state index contributed by atoms with van der Waals surface area (Å²) < 4.78 is 0. The molecular weight excluding hydrogens is 204 g/mol. The van der Waals surface area contributed by atoms with Crippen molar-refractivity contribution in [1.29, 1.82) is 0 Å². The molecule has 0 N–H and O–H groups in total. The molecule has 1 aromatic rings. The lowest BCUT2D eigenvalue weighted by Crippen LogP contribution is -2.23. The average Bonchev–Trinajstić information content (AvgIpc) is 2.29. The summed E-state index contributed by atoms with van der Waals surface area (Å²) in [5.41, 5.74) is 1.18. The van der Waals surface area contributed by atoms with Gasteiger partial charge in [0.1, 0.15) is 0 Å². The molecule has 0 aromatic heterocycles. The molecule has 1 aromatic carbocycles. The first kappa shape index (κ1) is 12.6. The van der Waals surface area contributed by atoms with Crippen LogP contribution in [-0.2, 0) is 6.54 Å². The third kappa shape index (κ3) is 3.62. The minimum atomic E-state index is -0.348. The van der Waals surface area contributed by atoms with E-state index in [0.717, 1.165) is 31.6 Å². The molecule has 1 rings (SSSR count). The largest absolute Gasteiger partial charge is 0.299 e. The van der Waals surface area contributed by atoms with Crippen LogP contribution in [-0.4, -0.2) is 22.9 Å². The normalized spacial score (nSPS) is 10.7. The molecule has 4 nitrogen and oxygen atoms in total. The van der Waals surface area contributed by atoms with E-state index < -0.39 is 0 Å². The Hall–Kier alpha value is -1.42. The predicted molar refractivity (Wildman–Crippen MR) is 64.3 cm³/mol. The van der Waals surface area contributed by atoms with E-state index in [1.165, 1.54) is 6.07 Å². The van der Waals surface area contributed by atoms with Crippen molar-refractivity contribution in [2.45, 2.75) is 26.8 Å². The molecule has 0 fully saturated rings. The number of nitro groups is 1. The summed E-state index contributed by atoms with van der Waals surface area (Å²) >= 11 is 0. The summed E-state index contributed by atoms with van der Waals surface area (Å²) in [5.74, 6) is 0. The topological polar surface area (TPSA) is 46.4 Å². The van der Waals surface area contributed by atoms with Crippen LogP contribution in [0.5, 0.6) is 0 Å². The number of hydrogen-bond donors (Lipinski definition) is 0. The molecule has 16 heavy (non-hydrogen) atoms. The third-order valence-corrected chi connectivity index (χ3v) is 2.51. The van der Waals surface area contributed by atoms with Crippen molar-refractivity contribution in [1.82, 2.24) is 4.90 Å². The summed E-state index contributed by atoms with van der Waals surface area (Å²) in [6.45, 7) is 7.02. The Morgan fingerprint density at radius 3 is 2.69 bits per heavy atom. The molecule has 0 aliphatic rings. The third-order valence-electron chi connectivity index (χ3n) is 2.51. The van der Waals surface area contributed by atoms with Gasteiger partial charge in [0.25, 0.3) is 5.69 Å². The van der Waals surface area contributed by atoms with Gasteiger partial charge in [0.15, 0.2) is 0 Å². The Morgan fingerprint density at radius 1 is 1.38 bits per heavy atom. The highest BCUT2D eigenvalue weighted by Crippen LogP contribution is 2.14. The number of hydrogen-bond acceptors (Lipinski definition) is 3. The molecule has 0 radical (unpaired) electrons. The van der Waals surface area contributed by atoms with Gasteiger partial charge < -0.3 is 0 Å². The number of benzene rings is 1. The fourth-order valence-electron chi connectivity index (χ4n) is 1.69. The van der Waals surface area contributed by atoms with Gasteiger partial charge in [-0.05, 0) is 25.1 Å². The summed E-state index contributed by atoms with van der Waals surface area (Å²) in [5, 5.41) is 10.6. The standard InChI is InChI=1S/C12H18N2O2/c1-3-8-13(4-2)10-11-6-5-7-12(9-11)14(15)16/h5-7,9H,3-4,8,10H2,1-2H3. The quantitative estimate of drug-likeness (QED) is 0.549. The Kier molecular flexibility index (Phi) is 4.92. The molecular formula is C12H18N2O2. The maximum atomic E-state index is 10.6. The van der Waals surface area contributed by atoms with Crippen LogP contribution in [0.4, 0.5) is 5.69 Å². The van der Waals surface area contributed by atoms with Crippen LogP contribution in [0.15, 0.2) is 24.3 Å². The highest BCUT2D eigenvalue weighted by molar-refractivity contribution is 5.34. The minimum absolute atomic E-state index is 0.171. The summed E-state index contributed by atoms with van der Waals surface area (Å²) in [6.07, 6.45) is 1.10. The Labute approximate surface area is 96.0 Å². The number of rotatable bonds is 6. The van der Waals surface area contributed by atoms with Crippen molar-refractivity contribution < 1.29 is 4.92 Å². The highest BCUT2D eigenvalue weighted by atomic mass is 16.6.